The average Bonchev–Trinajstić information content (AvgIpc) is 3.50. The molecule has 4 N–H and O–H groups in total. The topological polar surface area (TPSA) is 112 Å². The highest BCUT2D eigenvalue weighted by atomic mass is 16.5. The van der Waals surface area contributed by atoms with Crippen molar-refractivity contribution in [2.24, 2.45) is 11.7 Å². The number of likely N-dealkylation sites (tertiary alicyclic amines) is 1. The van der Waals surface area contributed by atoms with E-state index >= 15 is 0 Å². The number of benzene rings is 1. The lowest BCUT2D eigenvalue weighted by Gasteiger charge is -2.39. The van der Waals surface area contributed by atoms with Gasteiger partial charge in [-0.3, -0.25) is 4.79 Å². The minimum absolute atomic E-state index is 0.0246. The van der Waals surface area contributed by atoms with Gasteiger partial charge in [-0.2, -0.15) is 0 Å². The Morgan fingerprint density at radius 1 is 1.32 bits per heavy atom. The number of ether oxygens (including phenoxy) is 1. The van der Waals surface area contributed by atoms with Gasteiger partial charge in [0.2, 0.25) is 5.91 Å². The maximum absolute atomic E-state index is 13.8. The number of carbonyl (C=O) groups is 2. The van der Waals surface area contributed by atoms with Crippen LogP contribution in [-0.2, 0) is 9.53 Å². The maximum Gasteiger partial charge on any atom is 0.407 e. The van der Waals surface area contributed by atoms with Crippen LogP contribution in [0.1, 0.15) is 43.7 Å². The normalized spacial score (nSPS) is 22.5. The number of carbonyl (C=O) groups excluding carboxylic acids is 1. The van der Waals surface area contributed by atoms with Crippen molar-refractivity contribution in [2.75, 3.05) is 26.8 Å². The van der Waals surface area contributed by atoms with E-state index in [4.69, 9.17) is 10.5 Å². The molecule has 168 valence electrons. The molecule has 1 aromatic carbocycles. The first-order valence-electron chi connectivity index (χ1n) is 11.1. The Morgan fingerprint density at radius 2 is 2.10 bits per heavy atom. The molecule has 4 rings (SSSR count). The molecule has 1 saturated carbocycles. The van der Waals surface area contributed by atoms with Crippen molar-refractivity contribution in [3.8, 4) is 0 Å². The summed E-state index contributed by atoms with van der Waals surface area (Å²) < 4.78 is 5.28. The largest absolute Gasteiger partial charge is 0.465 e. The highest BCUT2D eigenvalue weighted by molar-refractivity contribution is 5.86. The number of para-hydroxylation sites is 1. The van der Waals surface area contributed by atoms with Crippen LogP contribution < -0.4 is 5.73 Å². The number of aromatic amines is 1. The summed E-state index contributed by atoms with van der Waals surface area (Å²) >= 11 is 0. The number of rotatable bonds is 8. The molecule has 3 atom stereocenters. The summed E-state index contributed by atoms with van der Waals surface area (Å²) in [6.07, 6.45) is 5.11. The van der Waals surface area contributed by atoms with Crippen LogP contribution >= 0.6 is 0 Å². The molecule has 1 unspecified atom stereocenters. The van der Waals surface area contributed by atoms with Crippen LogP contribution in [0.15, 0.2) is 30.5 Å². The standard InChI is InChI=1S/C23H32N4O4/c1-31-10-4-7-21(19-12-25-20-6-3-2-5-18(19)20)27(17-8-9-17)22(28)15-11-16(24)14-26(13-15)23(29)30/h2-3,5-6,12,15-17,21,25H,4,7-11,13-14,24H2,1H3,(H,29,30)/t15-,16+,21?/m1/s1. The Kier molecular flexibility index (Phi) is 6.48. The molecule has 0 spiro atoms. The molecule has 1 saturated heterocycles. The fourth-order valence-electron chi connectivity index (χ4n) is 4.86. The molecule has 2 aromatic rings. The van der Waals surface area contributed by atoms with Gasteiger partial charge >= 0.3 is 6.09 Å². The van der Waals surface area contributed by atoms with Crippen LogP contribution in [0.2, 0.25) is 0 Å². The first-order valence-corrected chi connectivity index (χ1v) is 11.1. The summed E-state index contributed by atoms with van der Waals surface area (Å²) in [6, 6.07) is 7.94. The number of piperidine rings is 1. The highest BCUT2D eigenvalue weighted by Gasteiger charge is 2.43. The Bertz CT molecular complexity index is 925. The van der Waals surface area contributed by atoms with Crippen molar-refractivity contribution < 1.29 is 19.4 Å². The Hall–Kier alpha value is -2.58. The van der Waals surface area contributed by atoms with E-state index in [9.17, 15) is 14.7 Å². The van der Waals surface area contributed by atoms with Gasteiger partial charge in [0.25, 0.3) is 0 Å². The summed E-state index contributed by atoms with van der Waals surface area (Å²) in [4.78, 5) is 32.0. The molecule has 31 heavy (non-hydrogen) atoms. The number of amides is 2. The molecular formula is C23H32N4O4. The van der Waals surface area contributed by atoms with Gasteiger partial charge in [-0.1, -0.05) is 18.2 Å². The summed E-state index contributed by atoms with van der Waals surface area (Å²) in [5.74, 6) is -0.382. The zero-order valence-electron chi connectivity index (χ0n) is 18.0. The lowest BCUT2D eigenvalue weighted by Crippen LogP contribution is -2.54. The van der Waals surface area contributed by atoms with E-state index in [1.807, 2.05) is 29.3 Å². The van der Waals surface area contributed by atoms with Crippen LogP contribution in [0, 0.1) is 5.92 Å². The lowest BCUT2D eigenvalue weighted by molar-refractivity contribution is -0.140. The summed E-state index contributed by atoms with van der Waals surface area (Å²) in [5, 5.41) is 10.6. The van der Waals surface area contributed by atoms with E-state index < -0.39 is 12.0 Å². The molecule has 2 heterocycles. The molecule has 1 aromatic heterocycles. The molecule has 8 heteroatoms. The average molecular weight is 429 g/mol. The Labute approximate surface area is 182 Å². The zero-order chi connectivity index (χ0) is 22.0. The van der Waals surface area contributed by atoms with Gasteiger partial charge in [-0.15, -0.1) is 0 Å². The van der Waals surface area contributed by atoms with Crippen molar-refractivity contribution in [3.05, 3.63) is 36.0 Å². The van der Waals surface area contributed by atoms with Gasteiger partial charge in [-0.25, -0.2) is 4.79 Å². The molecular weight excluding hydrogens is 396 g/mol. The van der Waals surface area contributed by atoms with Crippen molar-refractivity contribution in [3.63, 3.8) is 0 Å². The first kappa shape index (κ1) is 21.6. The summed E-state index contributed by atoms with van der Waals surface area (Å²) in [6.45, 7) is 1.12. The number of hydrogen-bond acceptors (Lipinski definition) is 4. The van der Waals surface area contributed by atoms with Crippen molar-refractivity contribution in [1.29, 1.82) is 0 Å². The highest BCUT2D eigenvalue weighted by Crippen LogP contribution is 2.41. The van der Waals surface area contributed by atoms with E-state index in [2.05, 4.69) is 11.1 Å². The van der Waals surface area contributed by atoms with Gasteiger partial charge < -0.3 is 30.4 Å². The number of carboxylic acid groups (broad SMARTS) is 1. The van der Waals surface area contributed by atoms with E-state index in [0.29, 0.717) is 13.0 Å². The van der Waals surface area contributed by atoms with Crippen LogP contribution in [0.25, 0.3) is 10.9 Å². The van der Waals surface area contributed by atoms with Crippen LogP contribution in [0.5, 0.6) is 0 Å². The fourth-order valence-corrected chi connectivity index (χ4v) is 4.86. The molecule has 2 amide bonds. The second kappa shape index (κ2) is 9.28. The number of H-pyrrole nitrogens is 1. The van der Waals surface area contributed by atoms with Crippen molar-refractivity contribution in [2.45, 2.75) is 50.2 Å². The van der Waals surface area contributed by atoms with E-state index in [1.54, 1.807) is 7.11 Å². The van der Waals surface area contributed by atoms with Gasteiger partial charge in [0.05, 0.1) is 12.0 Å². The van der Waals surface area contributed by atoms with Gasteiger partial charge in [0.1, 0.15) is 0 Å². The number of nitrogens with one attached hydrogen (secondary N) is 1. The van der Waals surface area contributed by atoms with Crippen LogP contribution in [0.3, 0.4) is 0 Å². The second-order valence-electron chi connectivity index (χ2n) is 8.80. The minimum Gasteiger partial charge on any atom is -0.465 e. The van der Waals surface area contributed by atoms with E-state index in [1.165, 1.54) is 4.90 Å². The van der Waals surface area contributed by atoms with Gasteiger partial charge in [0, 0.05) is 56.0 Å². The molecule has 0 bridgehead atoms. The van der Waals surface area contributed by atoms with Crippen molar-refractivity contribution in [1.82, 2.24) is 14.8 Å². The Balaban J connectivity index is 1.65. The minimum atomic E-state index is -1.01. The number of hydrogen-bond donors (Lipinski definition) is 3. The lowest BCUT2D eigenvalue weighted by atomic mass is 9.91. The monoisotopic (exact) mass is 428 g/mol. The van der Waals surface area contributed by atoms with Crippen molar-refractivity contribution >= 4 is 22.9 Å². The van der Waals surface area contributed by atoms with Gasteiger partial charge in [-0.05, 0) is 43.7 Å². The SMILES string of the molecule is COCCCC(c1c[nH]c2ccccc12)N(C(=O)[C@@H]1C[C@H](N)CN(C(=O)O)C1)C1CC1. The van der Waals surface area contributed by atoms with E-state index in [-0.39, 0.29) is 37.1 Å². The number of nitrogens with two attached hydrogens (primary N) is 1. The summed E-state index contributed by atoms with van der Waals surface area (Å²) in [7, 11) is 1.69. The third kappa shape index (κ3) is 4.70. The smallest absolute Gasteiger partial charge is 0.407 e. The molecule has 2 aliphatic rings. The van der Waals surface area contributed by atoms with Crippen LogP contribution in [-0.4, -0.2) is 70.8 Å². The third-order valence-corrected chi connectivity index (χ3v) is 6.44. The molecule has 1 aliphatic carbocycles. The zero-order valence-corrected chi connectivity index (χ0v) is 18.0. The second-order valence-corrected chi connectivity index (χ2v) is 8.80. The third-order valence-electron chi connectivity index (χ3n) is 6.44. The summed E-state index contributed by atoms with van der Waals surface area (Å²) in [5.41, 5.74) is 8.29. The predicted octanol–water partition coefficient (Wildman–Crippen LogP) is 2.95. The molecule has 8 nitrogen and oxygen atoms in total. The predicted molar refractivity (Wildman–Crippen MR) is 118 cm³/mol. The number of fused-ring (bicyclic) bond motifs is 1. The van der Waals surface area contributed by atoms with Gasteiger partial charge in [0.15, 0.2) is 0 Å². The molecule has 2 fully saturated rings. The van der Waals surface area contributed by atoms with E-state index in [0.717, 1.165) is 42.1 Å². The fraction of sp³-hybridized carbons (Fsp3) is 0.565. The number of nitrogens with zero attached hydrogens (tertiary/aromatic N) is 2. The quantitative estimate of drug-likeness (QED) is 0.560. The maximum atomic E-state index is 13.8. The number of methoxy groups -OCH3 is 1. The number of aromatic nitrogens is 1. The Morgan fingerprint density at radius 3 is 2.81 bits per heavy atom. The molecule has 1 aliphatic heterocycles. The van der Waals surface area contributed by atoms with Crippen LogP contribution in [0.4, 0.5) is 4.79 Å². The molecule has 0 radical (unpaired) electrons. The first-order chi connectivity index (χ1) is 15.0.